The van der Waals surface area contributed by atoms with Crippen molar-refractivity contribution in [3.63, 3.8) is 0 Å². The topological polar surface area (TPSA) is 83.5 Å². The van der Waals surface area contributed by atoms with Gasteiger partial charge in [-0.25, -0.2) is 13.1 Å². The number of aliphatic carboxylic acids is 1. The summed E-state index contributed by atoms with van der Waals surface area (Å²) in [5.41, 5.74) is -1.40. The minimum absolute atomic E-state index is 0.0431. The Balaban J connectivity index is 2.86. The second kappa shape index (κ2) is 7.98. The molecule has 136 valence electrons. The van der Waals surface area contributed by atoms with E-state index in [1.165, 1.54) is 12.1 Å². The van der Waals surface area contributed by atoms with Crippen LogP contribution in [-0.2, 0) is 26.7 Å². The molecule has 0 fully saturated rings. The maximum Gasteiger partial charge on any atom is 0.416 e. The van der Waals surface area contributed by atoms with Gasteiger partial charge >= 0.3 is 12.1 Å². The molecule has 2 N–H and O–H groups in total. The lowest BCUT2D eigenvalue weighted by molar-refractivity contribution is -0.142. The van der Waals surface area contributed by atoms with E-state index in [0.717, 1.165) is 12.1 Å². The van der Waals surface area contributed by atoms with Crippen molar-refractivity contribution in [3.8, 4) is 0 Å². The molecule has 0 aliphatic rings. The van der Waals surface area contributed by atoms with Gasteiger partial charge in [-0.2, -0.15) is 13.2 Å². The predicted octanol–water partition coefficient (Wildman–Crippen LogP) is 2.87. The smallest absolute Gasteiger partial charge is 0.416 e. The molecule has 0 aliphatic heterocycles. The quantitative estimate of drug-likeness (QED) is 0.740. The zero-order valence-corrected chi connectivity index (χ0v) is 14.1. The van der Waals surface area contributed by atoms with E-state index in [-0.39, 0.29) is 24.4 Å². The summed E-state index contributed by atoms with van der Waals surface area (Å²) in [7, 11) is -4.10. The van der Waals surface area contributed by atoms with Gasteiger partial charge in [-0.05, 0) is 24.0 Å². The lowest BCUT2D eigenvalue weighted by atomic mass is 9.98. The molecular formula is C15H20F3NO4S. The van der Waals surface area contributed by atoms with Crippen LogP contribution >= 0.6 is 0 Å². The van der Waals surface area contributed by atoms with Gasteiger partial charge in [0, 0.05) is 6.54 Å². The van der Waals surface area contributed by atoms with Crippen LogP contribution in [0.4, 0.5) is 13.2 Å². The van der Waals surface area contributed by atoms with E-state index >= 15 is 0 Å². The summed E-state index contributed by atoms with van der Waals surface area (Å²) in [5, 5.41) is 9.08. The average Bonchev–Trinajstić information content (AvgIpc) is 2.41. The Kier molecular flexibility index (Phi) is 6.79. The molecule has 0 saturated carbocycles. The van der Waals surface area contributed by atoms with Crippen LogP contribution in [0.1, 0.15) is 31.4 Å². The molecule has 1 atom stereocenters. The molecule has 1 rings (SSSR count). The van der Waals surface area contributed by atoms with Crippen LogP contribution in [0, 0.1) is 11.8 Å². The summed E-state index contributed by atoms with van der Waals surface area (Å²) >= 11 is 0. The molecule has 1 aromatic carbocycles. The van der Waals surface area contributed by atoms with Crippen molar-refractivity contribution < 1.29 is 31.5 Å². The Hall–Kier alpha value is -1.61. The van der Waals surface area contributed by atoms with Crippen LogP contribution in [0.25, 0.3) is 0 Å². The summed E-state index contributed by atoms with van der Waals surface area (Å²) in [6, 6.07) is 4.39. The first-order chi connectivity index (χ1) is 10.9. The third-order valence-electron chi connectivity index (χ3n) is 3.32. The van der Waals surface area contributed by atoms with E-state index in [1.54, 1.807) is 13.8 Å². The number of carbonyl (C=O) groups is 1. The number of halogens is 3. The summed E-state index contributed by atoms with van der Waals surface area (Å²) < 4.78 is 64.8. The van der Waals surface area contributed by atoms with E-state index in [1.807, 2.05) is 0 Å². The van der Waals surface area contributed by atoms with Gasteiger partial charge < -0.3 is 5.11 Å². The van der Waals surface area contributed by atoms with Gasteiger partial charge in [0.2, 0.25) is 10.0 Å². The van der Waals surface area contributed by atoms with E-state index < -0.39 is 39.4 Å². The molecule has 0 bridgehead atoms. The molecule has 0 amide bonds. The van der Waals surface area contributed by atoms with Crippen molar-refractivity contribution in [1.82, 2.24) is 4.72 Å². The van der Waals surface area contributed by atoms with Crippen molar-refractivity contribution in [2.75, 3.05) is 6.54 Å². The zero-order valence-electron chi connectivity index (χ0n) is 13.3. The fourth-order valence-electron chi connectivity index (χ4n) is 2.25. The van der Waals surface area contributed by atoms with Crippen LogP contribution < -0.4 is 4.72 Å². The SMILES string of the molecule is CC(C)CC(CNS(=O)(=O)Cc1ccccc1C(F)(F)F)C(=O)O. The average molecular weight is 367 g/mol. The van der Waals surface area contributed by atoms with Gasteiger partial charge in [-0.3, -0.25) is 4.79 Å². The number of alkyl halides is 3. The third-order valence-corrected chi connectivity index (χ3v) is 4.62. The van der Waals surface area contributed by atoms with Gasteiger partial charge in [0.25, 0.3) is 0 Å². The van der Waals surface area contributed by atoms with Crippen molar-refractivity contribution in [2.45, 2.75) is 32.2 Å². The Morgan fingerprint density at radius 3 is 2.33 bits per heavy atom. The maximum absolute atomic E-state index is 12.9. The van der Waals surface area contributed by atoms with E-state index in [9.17, 15) is 26.4 Å². The molecule has 0 heterocycles. The van der Waals surface area contributed by atoms with E-state index in [0.29, 0.717) is 0 Å². The normalized spacial score (nSPS) is 13.9. The van der Waals surface area contributed by atoms with Gasteiger partial charge in [-0.15, -0.1) is 0 Å². The number of sulfonamides is 1. The van der Waals surface area contributed by atoms with E-state index in [4.69, 9.17) is 5.11 Å². The first-order valence-electron chi connectivity index (χ1n) is 7.27. The lowest BCUT2D eigenvalue weighted by Crippen LogP contribution is -2.34. The van der Waals surface area contributed by atoms with Gasteiger partial charge in [0.15, 0.2) is 0 Å². The second-order valence-electron chi connectivity index (χ2n) is 5.93. The minimum Gasteiger partial charge on any atom is -0.481 e. The molecule has 1 unspecified atom stereocenters. The summed E-state index contributed by atoms with van der Waals surface area (Å²) in [5.74, 6) is -2.90. The first kappa shape index (κ1) is 20.4. The first-order valence-corrected chi connectivity index (χ1v) is 8.93. The zero-order chi connectivity index (χ0) is 18.5. The van der Waals surface area contributed by atoms with Crippen molar-refractivity contribution in [1.29, 1.82) is 0 Å². The lowest BCUT2D eigenvalue weighted by Gasteiger charge is -2.17. The number of carboxylic acid groups (broad SMARTS) is 1. The predicted molar refractivity (Wildman–Crippen MR) is 82.7 cm³/mol. The van der Waals surface area contributed by atoms with Crippen LogP contribution in [0.3, 0.4) is 0 Å². The molecule has 0 aliphatic carbocycles. The fourth-order valence-corrected chi connectivity index (χ4v) is 3.46. The number of hydrogen-bond donors (Lipinski definition) is 2. The highest BCUT2D eigenvalue weighted by Crippen LogP contribution is 2.32. The number of nitrogens with one attached hydrogen (secondary N) is 1. The summed E-state index contributed by atoms with van der Waals surface area (Å²) in [6.07, 6.45) is -4.40. The maximum atomic E-state index is 12.9. The molecule has 0 aromatic heterocycles. The van der Waals surface area contributed by atoms with Gasteiger partial charge in [0.1, 0.15) is 0 Å². The monoisotopic (exact) mass is 367 g/mol. The Morgan fingerprint density at radius 2 is 1.83 bits per heavy atom. The van der Waals surface area contributed by atoms with Crippen LogP contribution in [-0.4, -0.2) is 26.0 Å². The molecule has 0 saturated heterocycles. The number of hydrogen-bond acceptors (Lipinski definition) is 3. The van der Waals surface area contributed by atoms with Gasteiger partial charge in [-0.1, -0.05) is 32.0 Å². The summed E-state index contributed by atoms with van der Waals surface area (Å²) in [6.45, 7) is 3.23. The molecular weight excluding hydrogens is 347 g/mol. The van der Waals surface area contributed by atoms with E-state index in [2.05, 4.69) is 4.72 Å². The summed E-state index contributed by atoms with van der Waals surface area (Å²) in [4.78, 5) is 11.1. The fraction of sp³-hybridized carbons (Fsp3) is 0.533. The van der Waals surface area contributed by atoms with Crippen molar-refractivity contribution in [3.05, 3.63) is 35.4 Å². The molecule has 1 aromatic rings. The third kappa shape index (κ3) is 6.48. The van der Waals surface area contributed by atoms with Crippen molar-refractivity contribution >= 4 is 16.0 Å². The second-order valence-corrected chi connectivity index (χ2v) is 7.73. The number of carboxylic acids is 1. The molecule has 0 radical (unpaired) electrons. The Labute approximate surface area is 138 Å². The number of rotatable bonds is 8. The van der Waals surface area contributed by atoms with Crippen LogP contribution in [0.5, 0.6) is 0 Å². The molecule has 9 heteroatoms. The highest BCUT2D eigenvalue weighted by atomic mass is 32.2. The Bertz CT molecular complexity index is 672. The van der Waals surface area contributed by atoms with Crippen molar-refractivity contribution in [2.24, 2.45) is 11.8 Å². The highest BCUT2D eigenvalue weighted by molar-refractivity contribution is 7.88. The van der Waals surface area contributed by atoms with Crippen LogP contribution in [0.2, 0.25) is 0 Å². The highest BCUT2D eigenvalue weighted by Gasteiger charge is 2.34. The standard InChI is InChI=1S/C15H20F3NO4S/c1-10(2)7-12(14(20)21)8-19-24(22,23)9-11-5-3-4-6-13(11)15(16,17)18/h3-6,10,12,19H,7-9H2,1-2H3,(H,20,21). The Morgan fingerprint density at radius 1 is 1.25 bits per heavy atom. The van der Waals surface area contributed by atoms with Gasteiger partial charge in [0.05, 0.1) is 17.2 Å². The molecule has 5 nitrogen and oxygen atoms in total. The molecule has 0 spiro atoms. The number of benzene rings is 1. The largest absolute Gasteiger partial charge is 0.481 e. The van der Waals surface area contributed by atoms with Crippen LogP contribution in [0.15, 0.2) is 24.3 Å². The minimum atomic E-state index is -4.66. The molecule has 24 heavy (non-hydrogen) atoms.